The lowest BCUT2D eigenvalue weighted by Crippen LogP contribution is -2.35. The van der Waals surface area contributed by atoms with Gasteiger partial charge in [-0.2, -0.15) is 0 Å². The van der Waals surface area contributed by atoms with Gasteiger partial charge in [-0.1, -0.05) is 71.1 Å². The third-order valence-corrected chi connectivity index (χ3v) is 6.52. The van der Waals surface area contributed by atoms with E-state index in [1.165, 1.54) is 32.1 Å². The molecule has 2 rings (SSSR count). The fourth-order valence-corrected chi connectivity index (χ4v) is 4.42. The van der Waals surface area contributed by atoms with Crippen LogP contribution in [0, 0.1) is 40.9 Å². The molecule has 0 bridgehead atoms. The summed E-state index contributed by atoms with van der Waals surface area (Å²) < 4.78 is 77.8. The summed E-state index contributed by atoms with van der Waals surface area (Å²) in [6, 6.07) is 0. The highest BCUT2D eigenvalue weighted by Gasteiger charge is 2.38. The Balaban J connectivity index is 1.80. The second-order valence-electron chi connectivity index (χ2n) is 9.15. The van der Waals surface area contributed by atoms with E-state index in [9.17, 15) is 31.5 Å². The zero-order valence-corrected chi connectivity index (χ0v) is 20.3. The smallest absolute Gasteiger partial charge is 0.310 e. The molecule has 0 aliphatic heterocycles. The monoisotopic (exact) mass is 506 g/mol. The Labute approximate surface area is 203 Å². The van der Waals surface area contributed by atoms with E-state index in [1.54, 1.807) is 0 Å². The van der Waals surface area contributed by atoms with Gasteiger partial charge in [0.2, 0.25) is 5.82 Å². The van der Waals surface area contributed by atoms with Crippen molar-refractivity contribution in [3.05, 3.63) is 34.6 Å². The van der Waals surface area contributed by atoms with Crippen LogP contribution in [0.3, 0.4) is 0 Å². The van der Waals surface area contributed by atoms with Gasteiger partial charge < -0.3 is 9.47 Å². The van der Waals surface area contributed by atoms with E-state index in [4.69, 9.17) is 9.47 Å². The second kappa shape index (κ2) is 15.0. The molecule has 0 spiro atoms. The number of halogens is 5. The maximum absolute atomic E-state index is 13.8. The van der Waals surface area contributed by atoms with Crippen molar-refractivity contribution in [2.24, 2.45) is 11.8 Å². The average Bonchev–Trinajstić information content (AvgIpc) is 2.87. The molecule has 1 fully saturated rings. The van der Waals surface area contributed by atoms with Crippen LogP contribution in [0.2, 0.25) is 0 Å². The van der Waals surface area contributed by atoms with E-state index in [2.05, 4.69) is 6.92 Å². The van der Waals surface area contributed by atoms with Gasteiger partial charge in [-0.25, -0.2) is 22.0 Å². The Morgan fingerprint density at radius 3 is 1.60 bits per heavy atom. The first-order valence-electron chi connectivity index (χ1n) is 12.6. The van der Waals surface area contributed by atoms with Crippen molar-refractivity contribution in [3.63, 3.8) is 0 Å². The summed E-state index contributed by atoms with van der Waals surface area (Å²) in [6.07, 6.45) is 12.2. The van der Waals surface area contributed by atoms with Crippen molar-refractivity contribution >= 4 is 11.9 Å². The van der Waals surface area contributed by atoms with E-state index < -0.39 is 65.0 Å². The van der Waals surface area contributed by atoms with E-state index in [-0.39, 0.29) is 6.61 Å². The van der Waals surface area contributed by atoms with Gasteiger partial charge in [0.25, 0.3) is 0 Å². The molecule has 2 unspecified atom stereocenters. The minimum atomic E-state index is -2.28. The van der Waals surface area contributed by atoms with Gasteiger partial charge >= 0.3 is 11.9 Å². The quantitative estimate of drug-likeness (QED) is 0.0873. The minimum absolute atomic E-state index is 0.248. The van der Waals surface area contributed by atoms with Crippen molar-refractivity contribution < 1.29 is 41.0 Å². The number of carbonyl (C=O) groups excluding carboxylic acids is 2. The van der Waals surface area contributed by atoms with Crippen molar-refractivity contribution in [1.82, 2.24) is 0 Å². The van der Waals surface area contributed by atoms with Crippen molar-refractivity contribution in [1.29, 1.82) is 0 Å². The van der Waals surface area contributed by atoms with Crippen LogP contribution >= 0.6 is 0 Å². The molecule has 1 aromatic rings. The number of rotatable bonds is 14. The number of esters is 2. The Bertz CT molecular complexity index is 817. The van der Waals surface area contributed by atoms with E-state index in [0.717, 1.165) is 25.7 Å². The number of hydrogen-bond acceptors (Lipinski definition) is 4. The molecule has 4 nitrogen and oxygen atoms in total. The van der Waals surface area contributed by atoms with Crippen LogP contribution in [0.4, 0.5) is 22.0 Å². The minimum Gasteiger partial charge on any atom is -0.465 e. The van der Waals surface area contributed by atoms with Gasteiger partial charge in [0.1, 0.15) is 6.61 Å². The van der Waals surface area contributed by atoms with Gasteiger partial charge in [0.05, 0.1) is 24.0 Å². The van der Waals surface area contributed by atoms with Crippen LogP contribution in [0.1, 0.15) is 96.0 Å². The van der Waals surface area contributed by atoms with Crippen LogP contribution < -0.4 is 0 Å². The highest BCUT2D eigenvalue weighted by molar-refractivity contribution is 5.82. The number of unbranched alkanes of at least 4 members (excludes halogenated alkanes) is 8. The third-order valence-electron chi connectivity index (χ3n) is 6.52. The molecular weight excluding hydrogens is 471 g/mol. The van der Waals surface area contributed by atoms with Gasteiger partial charge in [0.15, 0.2) is 23.3 Å². The fraction of sp³-hybridized carbons (Fsp3) is 0.692. The summed E-state index contributed by atoms with van der Waals surface area (Å²) in [5, 5.41) is 0. The van der Waals surface area contributed by atoms with Crippen molar-refractivity contribution in [3.8, 4) is 0 Å². The average molecular weight is 507 g/mol. The molecule has 0 N–H and O–H groups in total. The highest BCUT2D eigenvalue weighted by Crippen LogP contribution is 2.33. The molecule has 198 valence electrons. The molecule has 35 heavy (non-hydrogen) atoms. The molecule has 1 saturated carbocycles. The van der Waals surface area contributed by atoms with Gasteiger partial charge in [-0.05, 0) is 19.3 Å². The molecule has 1 aromatic carbocycles. The Hall–Kier alpha value is -2.19. The van der Waals surface area contributed by atoms with Crippen LogP contribution in [0.5, 0.6) is 0 Å². The van der Waals surface area contributed by atoms with E-state index >= 15 is 0 Å². The Kier molecular flexibility index (Phi) is 12.5. The van der Waals surface area contributed by atoms with Crippen LogP contribution in [0.15, 0.2) is 0 Å². The molecule has 0 radical (unpaired) electrons. The first kappa shape index (κ1) is 29.0. The van der Waals surface area contributed by atoms with Gasteiger partial charge in [-0.3, -0.25) is 9.59 Å². The number of hydrogen-bond donors (Lipinski definition) is 0. The Morgan fingerprint density at radius 2 is 1.09 bits per heavy atom. The highest BCUT2D eigenvalue weighted by atomic mass is 19.2. The van der Waals surface area contributed by atoms with Gasteiger partial charge in [0, 0.05) is 0 Å². The largest absolute Gasteiger partial charge is 0.465 e. The van der Waals surface area contributed by atoms with Crippen LogP contribution in [0.25, 0.3) is 0 Å². The first-order valence-corrected chi connectivity index (χ1v) is 12.6. The van der Waals surface area contributed by atoms with Crippen LogP contribution in [-0.4, -0.2) is 18.5 Å². The maximum Gasteiger partial charge on any atom is 0.310 e. The summed E-state index contributed by atoms with van der Waals surface area (Å²) in [5.74, 6) is -13.7. The Morgan fingerprint density at radius 1 is 0.657 bits per heavy atom. The summed E-state index contributed by atoms with van der Waals surface area (Å²) in [4.78, 5) is 25.1. The number of ether oxygens (including phenoxy) is 2. The lowest BCUT2D eigenvalue weighted by atomic mass is 9.79. The SMILES string of the molecule is CCCCCCCCCCCOC(=O)C1CCCCC1C(=O)OCc1c(F)c(F)c(F)c(F)c1F. The molecule has 2 atom stereocenters. The molecule has 0 saturated heterocycles. The first-order chi connectivity index (χ1) is 16.8. The number of carbonyl (C=O) groups is 2. The molecule has 0 heterocycles. The van der Waals surface area contributed by atoms with E-state index in [0.29, 0.717) is 25.7 Å². The molecule has 9 heteroatoms. The number of benzene rings is 1. The van der Waals surface area contributed by atoms with Crippen LogP contribution in [-0.2, 0) is 25.7 Å². The molecule has 0 aromatic heterocycles. The maximum atomic E-state index is 13.8. The van der Waals surface area contributed by atoms with Crippen molar-refractivity contribution in [2.75, 3.05) is 6.61 Å². The molecule has 1 aliphatic rings. The lowest BCUT2D eigenvalue weighted by molar-refractivity contribution is -0.163. The summed E-state index contributed by atoms with van der Waals surface area (Å²) in [5.41, 5.74) is -1.23. The lowest BCUT2D eigenvalue weighted by Gasteiger charge is -2.28. The second-order valence-corrected chi connectivity index (χ2v) is 9.15. The van der Waals surface area contributed by atoms with Gasteiger partial charge in [-0.15, -0.1) is 0 Å². The topological polar surface area (TPSA) is 52.6 Å². The molecule has 0 amide bonds. The zero-order valence-electron chi connectivity index (χ0n) is 20.3. The zero-order chi connectivity index (χ0) is 25.8. The normalized spacial score (nSPS) is 17.9. The van der Waals surface area contributed by atoms with E-state index in [1.807, 2.05) is 0 Å². The predicted molar refractivity (Wildman–Crippen MR) is 120 cm³/mol. The molecule has 1 aliphatic carbocycles. The fourth-order valence-electron chi connectivity index (χ4n) is 4.42. The standard InChI is InChI=1S/C26H35F5O4/c1-2-3-4-5-6-7-8-9-12-15-34-25(32)17-13-10-11-14-18(17)26(33)35-16-19-20(27)22(29)24(31)23(30)21(19)28/h17-18H,2-16H2,1H3. The predicted octanol–water partition coefficient (Wildman–Crippen LogP) is 7.31. The summed E-state index contributed by atoms with van der Waals surface area (Å²) in [6.45, 7) is 1.30. The molecular formula is C26H35F5O4. The summed E-state index contributed by atoms with van der Waals surface area (Å²) in [7, 11) is 0. The summed E-state index contributed by atoms with van der Waals surface area (Å²) >= 11 is 0. The third kappa shape index (κ3) is 8.46. The van der Waals surface area contributed by atoms with Crippen molar-refractivity contribution in [2.45, 2.75) is 97.0 Å².